The van der Waals surface area contributed by atoms with Crippen LogP contribution in [0.2, 0.25) is 0 Å². The van der Waals surface area contributed by atoms with E-state index in [1.807, 2.05) is 18.2 Å². The number of likely N-dealkylation sites (tertiary alicyclic amines) is 2. The lowest BCUT2D eigenvalue weighted by atomic mass is 9.80. The van der Waals surface area contributed by atoms with Gasteiger partial charge in [-0.25, -0.2) is 8.78 Å². The summed E-state index contributed by atoms with van der Waals surface area (Å²) >= 11 is 0. The standard InChI is InChI=1S/C21H26FNO.C21H24FNO/c2*1-16-14-23(15-17-7-3-2-4-8-17)12-11-19(16)21(24)13-18-9-5-6-10-20(18)22/h2-10,16,19,21,24H,11-15H2,1H3;2-10,16,19H,11-15H2,1H3/t16-,19-,21?;16-,19-/m11/s1. The summed E-state index contributed by atoms with van der Waals surface area (Å²) in [6.07, 6.45) is 1.96. The second-order valence-corrected chi connectivity index (χ2v) is 13.8. The number of hydrogen-bond acceptors (Lipinski definition) is 4. The van der Waals surface area contributed by atoms with Crippen LogP contribution < -0.4 is 0 Å². The van der Waals surface area contributed by atoms with E-state index in [4.69, 9.17) is 0 Å². The largest absolute Gasteiger partial charge is 0.392 e. The predicted octanol–water partition coefficient (Wildman–Crippen LogP) is 7.98. The van der Waals surface area contributed by atoms with E-state index in [0.717, 1.165) is 52.1 Å². The number of hydrogen-bond donors (Lipinski definition) is 1. The van der Waals surface area contributed by atoms with Crippen LogP contribution in [0.4, 0.5) is 8.78 Å². The highest BCUT2D eigenvalue weighted by Gasteiger charge is 2.32. The van der Waals surface area contributed by atoms with E-state index in [-0.39, 0.29) is 35.7 Å². The second-order valence-electron chi connectivity index (χ2n) is 13.8. The number of rotatable bonds is 10. The van der Waals surface area contributed by atoms with E-state index < -0.39 is 6.10 Å². The third kappa shape index (κ3) is 10.1. The van der Waals surface area contributed by atoms with Crippen LogP contribution in [0.1, 0.15) is 48.9 Å². The molecule has 2 fully saturated rings. The van der Waals surface area contributed by atoms with Crippen molar-refractivity contribution < 1.29 is 18.7 Å². The number of carbonyl (C=O) groups is 1. The van der Waals surface area contributed by atoms with Crippen LogP contribution in [0.15, 0.2) is 109 Å². The summed E-state index contributed by atoms with van der Waals surface area (Å²) in [4.78, 5) is 17.5. The Bertz CT molecular complexity index is 1570. The van der Waals surface area contributed by atoms with Gasteiger partial charge in [0.25, 0.3) is 0 Å². The Balaban J connectivity index is 0.000000188. The summed E-state index contributed by atoms with van der Waals surface area (Å²) in [6.45, 7) is 10.0. The Morgan fingerprint density at radius 3 is 1.69 bits per heavy atom. The Morgan fingerprint density at radius 1 is 0.688 bits per heavy atom. The first-order valence-electron chi connectivity index (χ1n) is 17.5. The van der Waals surface area contributed by atoms with Crippen LogP contribution in [0.5, 0.6) is 0 Å². The number of nitrogens with zero attached hydrogens (tertiary/aromatic N) is 2. The molecule has 5 atom stereocenters. The Kier molecular flexibility index (Phi) is 13.1. The molecular formula is C42H50F2N2O2. The molecule has 6 heteroatoms. The number of aliphatic hydroxyl groups excluding tert-OH is 1. The molecule has 254 valence electrons. The molecule has 2 heterocycles. The summed E-state index contributed by atoms with van der Waals surface area (Å²) in [6, 6.07) is 34.3. The smallest absolute Gasteiger partial charge is 0.140 e. The van der Waals surface area contributed by atoms with Gasteiger partial charge in [0, 0.05) is 44.9 Å². The topological polar surface area (TPSA) is 43.8 Å². The summed E-state index contributed by atoms with van der Waals surface area (Å²) in [7, 11) is 0. The van der Waals surface area contributed by atoms with Crippen molar-refractivity contribution in [3.63, 3.8) is 0 Å². The molecule has 0 amide bonds. The van der Waals surface area contributed by atoms with Gasteiger partial charge in [-0.1, -0.05) is 111 Å². The summed E-state index contributed by atoms with van der Waals surface area (Å²) in [5.74, 6) is 0.664. The minimum atomic E-state index is -0.476. The van der Waals surface area contributed by atoms with Crippen molar-refractivity contribution in [1.29, 1.82) is 0 Å². The monoisotopic (exact) mass is 652 g/mol. The summed E-state index contributed by atoms with van der Waals surface area (Å²) in [5, 5.41) is 10.6. The van der Waals surface area contributed by atoms with E-state index >= 15 is 0 Å². The maximum absolute atomic E-state index is 13.8. The van der Waals surface area contributed by atoms with Crippen LogP contribution in [0.3, 0.4) is 0 Å². The van der Waals surface area contributed by atoms with Crippen molar-refractivity contribution in [2.45, 2.75) is 58.7 Å². The average Bonchev–Trinajstić information content (AvgIpc) is 3.08. The van der Waals surface area contributed by atoms with Gasteiger partial charge in [-0.05, 0) is 78.1 Å². The number of Topliss-reactive ketones (excluding diaryl/α,β-unsaturated/α-hetero) is 1. The first-order chi connectivity index (χ1) is 23.3. The maximum Gasteiger partial charge on any atom is 0.140 e. The van der Waals surface area contributed by atoms with Gasteiger partial charge in [-0.15, -0.1) is 0 Å². The summed E-state index contributed by atoms with van der Waals surface area (Å²) in [5.41, 5.74) is 3.77. The van der Waals surface area contributed by atoms with Gasteiger partial charge in [0.2, 0.25) is 0 Å². The van der Waals surface area contributed by atoms with Gasteiger partial charge in [0.1, 0.15) is 17.4 Å². The Labute approximate surface area is 285 Å². The molecule has 4 aromatic rings. The fraction of sp³-hybridized carbons (Fsp3) is 0.405. The fourth-order valence-electron chi connectivity index (χ4n) is 7.50. The number of aliphatic hydroxyl groups is 1. The first-order valence-corrected chi connectivity index (χ1v) is 17.5. The highest BCUT2D eigenvalue weighted by Crippen LogP contribution is 2.30. The van der Waals surface area contributed by atoms with Gasteiger partial charge in [0.15, 0.2) is 0 Å². The number of halogens is 2. The van der Waals surface area contributed by atoms with Gasteiger partial charge in [-0.3, -0.25) is 14.6 Å². The van der Waals surface area contributed by atoms with Gasteiger partial charge >= 0.3 is 0 Å². The molecule has 0 aliphatic carbocycles. The molecule has 48 heavy (non-hydrogen) atoms. The lowest BCUT2D eigenvalue weighted by Crippen LogP contribution is -2.43. The second kappa shape index (κ2) is 17.6. The van der Waals surface area contributed by atoms with Crippen molar-refractivity contribution in [1.82, 2.24) is 9.80 Å². The van der Waals surface area contributed by atoms with Crippen LogP contribution >= 0.6 is 0 Å². The van der Waals surface area contributed by atoms with Crippen LogP contribution in [0.25, 0.3) is 0 Å². The van der Waals surface area contributed by atoms with E-state index in [1.54, 1.807) is 30.3 Å². The Morgan fingerprint density at radius 2 is 1.17 bits per heavy atom. The zero-order valence-electron chi connectivity index (χ0n) is 28.4. The lowest BCUT2D eigenvalue weighted by molar-refractivity contribution is -0.125. The molecule has 6 rings (SSSR count). The highest BCUT2D eigenvalue weighted by atomic mass is 19.1. The Hall–Kier alpha value is -3.71. The molecule has 0 radical (unpaired) electrons. The van der Waals surface area contributed by atoms with E-state index in [2.05, 4.69) is 72.2 Å². The zero-order valence-corrected chi connectivity index (χ0v) is 28.4. The van der Waals surface area contributed by atoms with Gasteiger partial charge in [-0.2, -0.15) is 0 Å². The van der Waals surface area contributed by atoms with Crippen molar-refractivity contribution in [3.05, 3.63) is 143 Å². The quantitative estimate of drug-likeness (QED) is 0.189. The van der Waals surface area contributed by atoms with Crippen molar-refractivity contribution in [2.24, 2.45) is 23.7 Å². The molecule has 0 spiro atoms. The molecule has 1 N–H and O–H groups in total. The SMILES string of the molecule is C[C@@H]1CN(Cc2ccccc2)CC[C@H]1C(=O)Cc1ccccc1F.C[C@@H]1CN(Cc2ccccc2)CC[C@H]1C(O)Cc1ccccc1F. The van der Waals surface area contributed by atoms with Crippen molar-refractivity contribution >= 4 is 5.78 Å². The molecule has 0 bridgehead atoms. The normalized spacial score (nSPS) is 22.4. The summed E-state index contributed by atoms with van der Waals surface area (Å²) < 4.78 is 27.6. The third-order valence-electron chi connectivity index (χ3n) is 10.2. The molecule has 0 aromatic heterocycles. The predicted molar refractivity (Wildman–Crippen MR) is 189 cm³/mol. The minimum Gasteiger partial charge on any atom is -0.392 e. The molecule has 1 unspecified atom stereocenters. The number of ketones is 1. The van der Waals surface area contributed by atoms with Crippen molar-refractivity contribution in [3.8, 4) is 0 Å². The van der Waals surface area contributed by atoms with Crippen LogP contribution in [-0.4, -0.2) is 53.0 Å². The molecule has 0 saturated carbocycles. The zero-order chi connectivity index (χ0) is 33.9. The van der Waals surface area contributed by atoms with Gasteiger partial charge < -0.3 is 5.11 Å². The van der Waals surface area contributed by atoms with Crippen molar-refractivity contribution in [2.75, 3.05) is 26.2 Å². The van der Waals surface area contributed by atoms with E-state index in [0.29, 0.717) is 29.4 Å². The third-order valence-corrected chi connectivity index (χ3v) is 10.2. The number of benzene rings is 4. The van der Waals surface area contributed by atoms with Crippen LogP contribution in [-0.2, 0) is 30.7 Å². The molecule has 4 nitrogen and oxygen atoms in total. The molecule has 2 aliphatic heterocycles. The highest BCUT2D eigenvalue weighted by molar-refractivity contribution is 5.83. The molecule has 2 saturated heterocycles. The molecule has 2 aliphatic rings. The van der Waals surface area contributed by atoms with E-state index in [1.165, 1.54) is 23.3 Å². The molecular weight excluding hydrogens is 602 g/mol. The van der Waals surface area contributed by atoms with Crippen LogP contribution in [0, 0.1) is 35.3 Å². The lowest BCUT2D eigenvalue weighted by Gasteiger charge is -2.39. The van der Waals surface area contributed by atoms with Gasteiger partial charge in [0.05, 0.1) is 6.10 Å². The minimum absolute atomic E-state index is 0.0385. The number of carbonyl (C=O) groups excluding carboxylic acids is 1. The maximum atomic E-state index is 13.8. The molecule has 4 aromatic carbocycles. The average molecular weight is 653 g/mol. The first kappa shape index (κ1) is 35.6. The number of piperidine rings is 2. The van der Waals surface area contributed by atoms with E-state index in [9.17, 15) is 18.7 Å². The fourth-order valence-corrected chi connectivity index (χ4v) is 7.50.